The minimum Gasteiger partial charge on any atom is -0.394 e. The van der Waals surface area contributed by atoms with Gasteiger partial charge in [0.25, 0.3) is 5.91 Å². The molecule has 110 valence electrons. The molecule has 0 aromatic carbocycles. The maximum atomic E-state index is 12.6. The number of carbonyl (C=O) groups is 2. The molecule has 1 saturated carbocycles. The van der Waals surface area contributed by atoms with E-state index in [1.54, 1.807) is 17.1 Å². The van der Waals surface area contributed by atoms with Crippen molar-refractivity contribution in [1.82, 2.24) is 19.9 Å². The van der Waals surface area contributed by atoms with E-state index < -0.39 is 24.0 Å². The zero-order valence-corrected chi connectivity index (χ0v) is 11.4. The van der Waals surface area contributed by atoms with Gasteiger partial charge in [0.1, 0.15) is 6.04 Å². The van der Waals surface area contributed by atoms with Gasteiger partial charge in [-0.15, -0.1) is 0 Å². The summed E-state index contributed by atoms with van der Waals surface area (Å²) in [4.78, 5) is 29.4. The number of nitrogens with one attached hydrogen (secondary N) is 1. The second-order valence-corrected chi connectivity index (χ2v) is 5.10. The molecule has 1 atom stereocenters. The number of aliphatic hydroxyl groups excluding tert-OH is 1. The van der Waals surface area contributed by atoms with Crippen LogP contribution in [0, 0.1) is 0 Å². The number of nitrogens with zero attached hydrogens (tertiary/aromatic N) is 3. The number of hydrogen-bond acceptors (Lipinski definition) is 5. The van der Waals surface area contributed by atoms with Gasteiger partial charge in [-0.1, -0.05) is 0 Å². The van der Waals surface area contributed by atoms with Crippen molar-refractivity contribution < 1.29 is 19.9 Å². The van der Waals surface area contributed by atoms with Crippen LogP contribution in [-0.4, -0.2) is 56.3 Å². The Morgan fingerprint density at radius 2 is 2.25 bits per heavy atom. The predicted molar refractivity (Wildman–Crippen MR) is 67.7 cm³/mol. The number of imidazole rings is 1. The Balaban J connectivity index is 2.20. The fourth-order valence-corrected chi connectivity index (χ4v) is 2.30. The van der Waals surface area contributed by atoms with Crippen LogP contribution in [-0.2, 0) is 22.1 Å². The summed E-state index contributed by atoms with van der Waals surface area (Å²) < 4.78 is 1.76. The molecule has 0 spiro atoms. The van der Waals surface area contributed by atoms with Gasteiger partial charge in [-0.25, -0.2) is 10.5 Å². The van der Waals surface area contributed by atoms with E-state index in [9.17, 15) is 14.7 Å². The molecule has 2 rings (SSSR count). The Morgan fingerprint density at radius 3 is 2.65 bits per heavy atom. The molecule has 8 heteroatoms. The molecule has 0 saturated heterocycles. The number of hydroxylamine groups is 1. The summed E-state index contributed by atoms with van der Waals surface area (Å²) in [6.07, 6.45) is 4.71. The molecule has 0 bridgehead atoms. The van der Waals surface area contributed by atoms with Gasteiger partial charge in [0, 0.05) is 20.3 Å². The van der Waals surface area contributed by atoms with E-state index in [2.05, 4.69) is 4.98 Å². The first-order valence-corrected chi connectivity index (χ1v) is 6.27. The number of aryl methyl sites for hydroxylation is 1. The second kappa shape index (κ2) is 5.22. The molecule has 1 aliphatic rings. The van der Waals surface area contributed by atoms with Crippen molar-refractivity contribution in [2.45, 2.75) is 24.3 Å². The minimum absolute atomic E-state index is 0.279. The van der Waals surface area contributed by atoms with E-state index in [0.717, 1.165) is 4.90 Å². The number of aliphatic hydroxyl groups is 1. The third-order valence-corrected chi connectivity index (χ3v) is 3.73. The van der Waals surface area contributed by atoms with E-state index >= 15 is 0 Å². The van der Waals surface area contributed by atoms with Gasteiger partial charge in [-0.05, 0) is 12.8 Å². The van der Waals surface area contributed by atoms with Crippen LogP contribution < -0.4 is 5.48 Å². The van der Waals surface area contributed by atoms with Crippen molar-refractivity contribution in [3.63, 3.8) is 0 Å². The normalized spacial score (nSPS) is 17.4. The lowest BCUT2D eigenvalue weighted by molar-refractivity contribution is -0.146. The average molecular weight is 282 g/mol. The van der Waals surface area contributed by atoms with Crippen LogP contribution in [0.5, 0.6) is 0 Å². The van der Waals surface area contributed by atoms with Crippen molar-refractivity contribution in [2.75, 3.05) is 13.7 Å². The van der Waals surface area contributed by atoms with Crippen LogP contribution in [0.2, 0.25) is 0 Å². The van der Waals surface area contributed by atoms with Gasteiger partial charge in [-0.2, -0.15) is 0 Å². The molecule has 3 N–H and O–H groups in total. The summed E-state index contributed by atoms with van der Waals surface area (Å²) >= 11 is 0. The summed E-state index contributed by atoms with van der Waals surface area (Å²) in [5.41, 5.74) is 1.41. The van der Waals surface area contributed by atoms with Crippen molar-refractivity contribution in [1.29, 1.82) is 0 Å². The largest absolute Gasteiger partial charge is 0.394 e. The highest BCUT2D eigenvalue weighted by atomic mass is 16.5. The minimum atomic E-state index is -1.12. The predicted octanol–water partition coefficient (Wildman–Crippen LogP) is -1.22. The first kappa shape index (κ1) is 14.5. The van der Waals surface area contributed by atoms with Crippen LogP contribution in [0.15, 0.2) is 12.5 Å². The maximum Gasteiger partial charge on any atom is 0.268 e. The Labute approximate surface area is 116 Å². The number of carbonyl (C=O) groups excluding carboxylic acids is 2. The summed E-state index contributed by atoms with van der Waals surface area (Å²) in [6, 6.07) is -1.12. The van der Waals surface area contributed by atoms with Gasteiger partial charge in [0.15, 0.2) is 0 Å². The highest BCUT2D eigenvalue weighted by Crippen LogP contribution is 2.48. The number of amides is 2. The lowest BCUT2D eigenvalue weighted by Gasteiger charge is -2.28. The molecule has 8 nitrogen and oxygen atoms in total. The quantitative estimate of drug-likeness (QED) is 0.463. The first-order valence-electron chi connectivity index (χ1n) is 6.27. The Kier molecular flexibility index (Phi) is 3.78. The topological polar surface area (TPSA) is 108 Å². The molecule has 1 fully saturated rings. The highest BCUT2D eigenvalue weighted by molar-refractivity contribution is 5.94. The zero-order chi connectivity index (χ0) is 14.9. The Hall–Kier alpha value is -1.93. The van der Waals surface area contributed by atoms with Crippen LogP contribution in [0.1, 0.15) is 18.5 Å². The summed E-state index contributed by atoms with van der Waals surface area (Å²) in [7, 11) is 3.25. The third-order valence-electron chi connectivity index (χ3n) is 3.73. The van der Waals surface area contributed by atoms with Crippen molar-refractivity contribution in [3.8, 4) is 0 Å². The summed E-state index contributed by atoms with van der Waals surface area (Å²) in [6.45, 7) is -0.563. The van der Waals surface area contributed by atoms with E-state index in [1.807, 2.05) is 7.05 Å². The van der Waals surface area contributed by atoms with Crippen LogP contribution >= 0.6 is 0 Å². The number of likely N-dealkylation sites (N-methyl/N-ethyl adjacent to an activating group) is 1. The molecule has 2 amide bonds. The molecule has 1 aromatic heterocycles. The van der Waals surface area contributed by atoms with E-state index in [4.69, 9.17) is 5.21 Å². The highest BCUT2D eigenvalue weighted by Gasteiger charge is 2.55. The van der Waals surface area contributed by atoms with Crippen molar-refractivity contribution in [3.05, 3.63) is 18.2 Å². The standard InChI is InChI=1S/C12H18N4O4/c1-15-5-9(13-7-15)12(3-4-12)11(19)16(2)8(6-17)10(18)14-20/h5,7-8,17,20H,3-4,6H2,1-2H3,(H,14,18). The van der Waals surface area contributed by atoms with Crippen molar-refractivity contribution in [2.24, 2.45) is 7.05 Å². The average Bonchev–Trinajstić information content (AvgIpc) is 3.14. The van der Waals surface area contributed by atoms with E-state index in [1.165, 1.54) is 12.5 Å². The number of rotatable bonds is 5. The zero-order valence-electron chi connectivity index (χ0n) is 11.4. The molecule has 1 aromatic rings. The van der Waals surface area contributed by atoms with Crippen LogP contribution in [0.3, 0.4) is 0 Å². The molecule has 0 aliphatic heterocycles. The molecule has 20 heavy (non-hydrogen) atoms. The first-order chi connectivity index (χ1) is 9.46. The molecule has 1 aliphatic carbocycles. The Morgan fingerprint density at radius 1 is 1.60 bits per heavy atom. The number of aromatic nitrogens is 2. The van der Waals surface area contributed by atoms with Gasteiger partial charge in [0.2, 0.25) is 5.91 Å². The molecular weight excluding hydrogens is 264 g/mol. The molecule has 0 radical (unpaired) electrons. The molecule has 1 unspecified atom stereocenters. The third kappa shape index (κ3) is 2.27. The van der Waals surface area contributed by atoms with Crippen molar-refractivity contribution >= 4 is 11.8 Å². The molecular formula is C12H18N4O4. The summed E-state index contributed by atoms with van der Waals surface area (Å²) in [5, 5.41) is 17.9. The second-order valence-electron chi connectivity index (χ2n) is 5.10. The Bertz CT molecular complexity index is 523. The lowest BCUT2D eigenvalue weighted by atomic mass is 10.0. The van der Waals surface area contributed by atoms with E-state index in [-0.39, 0.29) is 5.91 Å². The SMILES string of the molecule is CN(C(=O)C1(c2cn(C)cn2)CC1)C(CO)C(=O)NO. The van der Waals surface area contributed by atoms with Crippen LogP contribution in [0.25, 0.3) is 0 Å². The summed E-state index contributed by atoms with van der Waals surface area (Å²) in [5.74, 6) is -1.10. The van der Waals surface area contributed by atoms with E-state index in [0.29, 0.717) is 18.5 Å². The molecule has 1 heterocycles. The maximum absolute atomic E-state index is 12.6. The van der Waals surface area contributed by atoms with Gasteiger partial charge in [0.05, 0.1) is 24.0 Å². The van der Waals surface area contributed by atoms with Crippen LogP contribution in [0.4, 0.5) is 0 Å². The fourth-order valence-electron chi connectivity index (χ4n) is 2.30. The fraction of sp³-hybridized carbons (Fsp3) is 0.583. The van der Waals surface area contributed by atoms with Gasteiger partial charge >= 0.3 is 0 Å². The number of hydrogen-bond donors (Lipinski definition) is 3. The van der Waals surface area contributed by atoms with Gasteiger partial charge < -0.3 is 14.6 Å². The van der Waals surface area contributed by atoms with Gasteiger partial charge in [-0.3, -0.25) is 14.8 Å². The monoisotopic (exact) mass is 282 g/mol. The lowest BCUT2D eigenvalue weighted by Crippen LogP contribution is -2.52. The smallest absolute Gasteiger partial charge is 0.268 e.